The van der Waals surface area contributed by atoms with E-state index >= 15 is 0 Å². The first-order chi connectivity index (χ1) is 7.74. The molecule has 16 heavy (non-hydrogen) atoms. The van der Waals surface area contributed by atoms with Crippen LogP contribution in [0.2, 0.25) is 0 Å². The zero-order valence-corrected chi connectivity index (χ0v) is 10.0. The Kier molecular flexibility index (Phi) is 5.26. The second-order valence-corrected chi connectivity index (χ2v) is 3.83. The van der Waals surface area contributed by atoms with E-state index in [1.54, 1.807) is 6.07 Å². The van der Waals surface area contributed by atoms with E-state index in [1.165, 1.54) is 6.07 Å². The molecule has 0 saturated heterocycles. The summed E-state index contributed by atoms with van der Waals surface area (Å²) in [5, 5.41) is 9.20. The van der Waals surface area contributed by atoms with E-state index in [1.807, 2.05) is 13.0 Å². The van der Waals surface area contributed by atoms with Gasteiger partial charge in [0.15, 0.2) is 0 Å². The van der Waals surface area contributed by atoms with E-state index in [4.69, 9.17) is 0 Å². The van der Waals surface area contributed by atoms with E-state index in [0.29, 0.717) is 5.56 Å². The molecule has 0 radical (unpaired) electrons. The molecule has 0 spiro atoms. The molecule has 0 atom stereocenters. The van der Waals surface area contributed by atoms with Gasteiger partial charge >= 0.3 is 0 Å². The summed E-state index contributed by atoms with van der Waals surface area (Å²) in [4.78, 5) is 2.11. The lowest BCUT2D eigenvalue weighted by Gasteiger charge is -2.25. The Balaban J connectivity index is 2.94. The predicted octanol–water partition coefficient (Wildman–Crippen LogP) is 2.94. The van der Waals surface area contributed by atoms with Gasteiger partial charge in [0.2, 0.25) is 0 Å². The molecule has 90 valence electrons. The van der Waals surface area contributed by atoms with E-state index in [9.17, 15) is 9.50 Å². The number of halogens is 1. The maximum Gasteiger partial charge on any atom is 0.130 e. The minimum Gasteiger partial charge on any atom is -0.391 e. The summed E-state index contributed by atoms with van der Waals surface area (Å²) in [5.74, 6) is -0.324. The molecule has 0 unspecified atom stereocenters. The van der Waals surface area contributed by atoms with Crippen LogP contribution in [0.1, 0.15) is 32.3 Å². The average Bonchev–Trinajstić information content (AvgIpc) is 2.30. The number of hydrogen-bond acceptors (Lipinski definition) is 2. The Morgan fingerprint density at radius 1 is 1.31 bits per heavy atom. The van der Waals surface area contributed by atoms with E-state index in [0.717, 1.165) is 31.6 Å². The van der Waals surface area contributed by atoms with Gasteiger partial charge < -0.3 is 10.0 Å². The first kappa shape index (κ1) is 13.0. The second kappa shape index (κ2) is 6.48. The lowest BCUT2D eigenvalue weighted by molar-refractivity contribution is 0.276. The third-order valence-corrected chi connectivity index (χ3v) is 2.76. The van der Waals surface area contributed by atoms with Crippen LogP contribution >= 0.6 is 0 Å². The van der Waals surface area contributed by atoms with Crippen molar-refractivity contribution in [3.63, 3.8) is 0 Å². The van der Waals surface area contributed by atoms with Crippen LogP contribution < -0.4 is 4.90 Å². The number of rotatable bonds is 6. The third kappa shape index (κ3) is 2.95. The SMILES string of the molecule is CCCCN(CC)c1cccc(F)c1CO. The van der Waals surface area contributed by atoms with Gasteiger partial charge in [-0.3, -0.25) is 0 Å². The van der Waals surface area contributed by atoms with Crippen molar-refractivity contribution in [1.82, 2.24) is 0 Å². The summed E-state index contributed by atoms with van der Waals surface area (Å²) in [6.45, 7) is 5.67. The monoisotopic (exact) mass is 225 g/mol. The predicted molar refractivity (Wildman–Crippen MR) is 65.1 cm³/mol. The number of anilines is 1. The highest BCUT2D eigenvalue weighted by Crippen LogP contribution is 2.23. The highest BCUT2D eigenvalue weighted by Gasteiger charge is 2.12. The summed E-state index contributed by atoms with van der Waals surface area (Å²) >= 11 is 0. The van der Waals surface area contributed by atoms with Crippen molar-refractivity contribution in [3.05, 3.63) is 29.6 Å². The first-order valence-corrected chi connectivity index (χ1v) is 5.87. The van der Waals surface area contributed by atoms with Gasteiger partial charge in [-0.05, 0) is 25.5 Å². The molecule has 0 amide bonds. The van der Waals surface area contributed by atoms with Crippen LogP contribution in [0.25, 0.3) is 0 Å². The number of nitrogens with zero attached hydrogens (tertiary/aromatic N) is 1. The van der Waals surface area contributed by atoms with E-state index in [-0.39, 0.29) is 12.4 Å². The Morgan fingerprint density at radius 2 is 2.06 bits per heavy atom. The molecule has 0 bridgehead atoms. The molecule has 3 heteroatoms. The Morgan fingerprint density at radius 3 is 2.62 bits per heavy atom. The lowest BCUT2D eigenvalue weighted by atomic mass is 10.1. The Bertz CT molecular complexity index is 328. The summed E-state index contributed by atoms with van der Waals surface area (Å²) < 4.78 is 13.5. The highest BCUT2D eigenvalue weighted by atomic mass is 19.1. The van der Waals surface area contributed by atoms with Crippen LogP contribution in [0.15, 0.2) is 18.2 Å². The normalized spacial score (nSPS) is 10.5. The molecule has 0 aromatic heterocycles. The molecular formula is C13H20FNO. The number of benzene rings is 1. The Labute approximate surface area is 96.7 Å². The van der Waals surface area contributed by atoms with Crippen LogP contribution in [0.3, 0.4) is 0 Å². The molecule has 0 aliphatic carbocycles. The van der Waals surface area contributed by atoms with E-state index < -0.39 is 0 Å². The molecule has 1 N–H and O–H groups in total. The fourth-order valence-electron chi connectivity index (χ4n) is 1.80. The van der Waals surface area contributed by atoms with Crippen molar-refractivity contribution < 1.29 is 9.50 Å². The van der Waals surface area contributed by atoms with Gasteiger partial charge in [0.1, 0.15) is 5.82 Å². The standard InChI is InChI=1S/C13H20FNO/c1-3-5-9-15(4-2)13-8-6-7-12(14)11(13)10-16/h6-8,16H,3-5,9-10H2,1-2H3. The fourth-order valence-corrected chi connectivity index (χ4v) is 1.80. The van der Waals surface area contributed by atoms with Crippen LogP contribution in [0.4, 0.5) is 10.1 Å². The molecule has 0 fully saturated rings. The van der Waals surface area contributed by atoms with Gasteiger partial charge in [-0.15, -0.1) is 0 Å². The lowest BCUT2D eigenvalue weighted by Crippen LogP contribution is -2.25. The van der Waals surface area contributed by atoms with E-state index in [2.05, 4.69) is 11.8 Å². The van der Waals surface area contributed by atoms with Crippen LogP contribution in [-0.4, -0.2) is 18.2 Å². The molecule has 0 aliphatic rings. The first-order valence-electron chi connectivity index (χ1n) is 5.87. The van der Waals surface area contributed by atoms with Gasteiger partial charge in [0.05, 0.1) is 6.61 Å². The average molecular weight is 225 g/mol. The van der Waals surface area contributed by atoms with Crippen molar-refractivity contribution in [3.8, 4) is 0 Å². The number of hydrogen-bond donors (Lipinski definition) is 1. The fraction of sp³-hybridized carbons (Fsp3) is 0.538. The molecule has 0 heterocycles. The van der Waals surface area contributed by atoms with Crippen molar-refractivity contribution in [1.29, 1.82) is 0 Å². The largest absolute Gasteiger partial charge is 0.391 e. The van der Waals surface area contributed by atoms with Gasteiger partial charge in [0.25, 0.3) is 0 Å². The molecule has 0 aliphatic heterocycles. The van der Waals surface area contributed by atoms with Gasteiger partial charge in [-0.25, -0.2) is 4.39 Å². The molecule has 2 nitrogen and oxygen atoms in total. The number of aliphatic hydroxyl groups is 1. The summed E-state index contributed by atoms with van der Waals surface area (Å²) in [6, 6.07) is 4.95. The molecule has 1 aromatic rings. The zero-order chi connectivity index (χ0) is 12.0. The zero-order valence-electron chi connectivity index (χ0n) is 10.0. The molecule has 0 saturated carbocycles. The van der Waals surface area contributed by atoms with Gasteiger partial charge in [-0.1, -0.05) is 19.4 Å². The number of unbranched alkanes of at least 4 members (excludes halogenated alkanes) is 1. The number of aliphatic hydroxyl groups excluding tert-OH is 1. The summed E-state index contributed by atoms with van der Waals surface area (Å²) in [5.41, 5.74) is 1.22. The minimum atomic E-state index is -0.324. The van der Waals surface area contributed by atoms with Gasteiger partial charge in [-0.2, -0.15) is 0 Å². The van der Waals surface area contributed by atoms with Crippen LogP contribution in [0, 0.1) is 5.82 Å². The Hall–Kier alpha value is -1.09. The maximum absolute atomic E-state index is 13.5. The summed E-state index contributed by atoms with van der Waals surface area (Å²) in [6.07, 6.45) is 2.19. The van der Waals surface area contributed by atoms with Crippen molar-refractivity contribution in [2.45, 2.75) is 33.3 Å². The third-order valence-electron chi connectivity index (χ3n) is 2.76. The molecule has 1 rings (SSSR count). The quantitative estimate of drug-likeness (QED) is 0.804. The highest BCUT2D eigenvalue weighted by molar-refractivity contribution is 5.53. The van der Waals surface area contributed by atoms with Gasteiger partial charge in [0, 0.05) is 24.3 Å². The van der Waals surface area contributed by atoms with Crippen LogP contribution in [-0.2, 0) is 6.61 Å². The molecule has 1 aromatic carbocycles. The topological polar surface area (TPSA) is 23.5 Å². The smallest absolute Gasteiger partial charge is 0.130 e. The second-order valence-electron chi connectivity index (χ2n) is 3.83. The minimum absolute atomic E-state index is 0.245. The van der Waals surface area contributed by atoms with Crippen molar-refractivity contribution >= 4 is 5.69 Å². The summed E-state index contributed by atoms with van der Waals surface area (Å²) in [7, 11) is 0. The van der Waals surface area contributed by atoms with Crippen LogP contribution in [0.5, 0.6) is 0 Å². The molecular weight excluding hydrogens is 205 g/mol. The van der Waals surface area contributed by atoms with Crippen molar-refractivity contribution in [2.24, 2.45) is 0 Å². The van der Waals surface area contributed by atoms with Crippen molar-refractivity contribution in [2.75, 3.05) is 18.0 Å². The maximum atomic E-state index is 13.5.